The Kier molecular flexibility index (Phi) is 6.10. The van der Waals surface area contributed by atoms with E-state index in [0.717, 1.165) is 12.0 Å². The van der Waals surface area contributed by atoms with E-state index >= 15 is 0 Å². The molecule has 0 aliphatic carbocycles. The molecule has 14 heavy (non-hydrogen) atoms. The van der Waals surface area contributed by atoms with E-state index in [2.05, 4.69) is 34.3 Å². The van der Waals surface area contributed by atoms with Gasteiger partial charge in [0, 0.05) is 0 Å². The predicted molar refractivity (Wildman–Crippen MR) is 63.4 cm³/mol. The minimum atomic E-state index is -0.357. The van der Waals surface area contributed by atoms with Crippen LogP contribution in [0.1, 0.15) is 59.8 Å². The number of unbranched alkanes of at least 4 members (excludes halogenated alkanes) is 3. The largest absolute Gasteiger partial charge is 0.388 e. The molecule has 0 aromatic rings. The molecule has 0 spiro atoms. The Morgan fingerprint density at radius 2 is 1.79 bits per heavy atom. The zero-order valence-electron chi connectivity index (χ0n) is 10.3. The van der Waals surface area contributed by atoms with E-state index in [4.69, 9.17) is 0 Å². The second-order valence-corrected chi connectivity index (χ2v) is 5.24. The summed E-state index contributed by atoms with van der Waals surface area (Å²) in [5.74, 6) is 0. The number of hydrogen-bond acceptors (Lipinski definition) is 1. The monoisotopic (exact) mass is 198 g/mol. The third kappa shape index (κ3) is 5.43. The summed E-state index contributed by atoms with van der Waals surface area (Å²) in [5.41, 5.74) is 0.926. The molecule has 0 heterocycles. The minimum Gasteiger partial charge on any atom is -0.388 e. The van der Waals surface area contributed by atoms with Gasteiger partial charge in [-0.2, -0.15) is 0 Å². The lowest BCUT2D eigenvalue weighted by Gasteiger charge is -2.27. The average Bonchev–Trinajstić information content (AvgIpc) is 2.09. The first-order valence-electron chi connectivity index (χ1n) is 5.75. The van der Waals surface area contributed by atoms with Gasteiger partial charge in [-0.25, -0.2) is 0 Å². The number of aliphatic hydroxyl groups excluding tert-OH is 1. The second kappa shape index (κ2) is 6.23. The van der Waals surface area contributed by atoms with Crippen LogP contribution >= 0.6 is 0 Å². The van der Waals surface area contributed by atoms with Gasteiger partial charge >= 0.3 is 0 Å². The van der Waals surface area contributed by atoms with Crippen LogP contribution in [0.2, 0.25) is 0 Å². The maximum absolute atomic E-state index is 9.91. The fourth-order valence-corrected chi connectivity index (χ4v) is 1.53. The summed E-state index contributed by atoms with van der Waals surface area (Å²) in [6.45, 7) is 12.3. The standard InChI is InChI=1S/C13H26O/c1-6-7-8-9-10-11(2)12(14)13(3,4)5/h12,14H,2,6-10H2,1,3-5H3. The van der Waals surface area contributed by atoms with Crippen molar-refractivity contribution in [3.8, 4) is 0 Å². The topological polar surface area (TPSA) is 20.2 Å². The van der Waals surface area contributed by atoms with Crippen molar-refractivity contribution in [2.45, 2.75) is 65.9 Å². The molecular weight excluding hydrogens is 172 g/mol. The van der Waals surface area contributed by atoms with Crippen molar-refractivity contribution in [2.24, 2.45) is 5.41 Å². The lowest BCUT2D eigenvalue weighted by Crippen LogP contribution is -2.27. The van der Waals surface area contributed by atoms with Crippen molar-refractivity contribution in [1.82, 2.24) is 0 Å². The fraction of sp³-hybridized carbons (Fsp3) is 0.846. The van der Waals surface area contributed by atoms with Crippen LogP contribution in [-0.2, 0) is 0 Å². The van der Waals surface area contributed by atoms with Gasteiger partial charge in [-0.05, 0) is 23.8 Å². The van der Waals surface area contributed by atoms with Crippen molar-refractivity contribution in [3.05, 3.63) is 12.2 Å². The molecule has 1 nitrogen and oxygen atoms in total. The van der Waals surface area contributed by atoms with Gasteiger partial charge in [-0.1, -0.05) is 53.5 Å². The molecule has 1 atom stereocenters. The third-order valence-corrected chi connectivity index (χ3v) is 2.56. The predicted octanol–water partition coefficient (Wildman–Crippen LogP) is 3.92. The van der Waals surface area contributed by atoms with Gasteiger partial charge in [0.1, 0.15) is 0 Å². The van der Waals surface area contributed by atoms with Crippen LogP contribution in [0.25, 0.3) is 0 Å². The van der Waals surface area contributed by atoms with Crippen LogP contribution in [0.15, 0.2) is 12.2 Å². The van der Waals surface area contributed by atoms with E-state index in [-0.39, 0.29) is 11.5 Å². The summed E-state index contributed by atoms with van der Waals surface area (Å²) < 4.78 is 0. The summed E-state index contributed by atoms with van der Waals surface area (Å²) in [4.78, 5) is 0. The van der Waals surface area contributed by atoms with Crippen molar-refractivity contribution in [3.63, 3.8) is 0 Å². The quantitative estimate of drug-likeness (QED) is 0.506. The normalized spacial score (nSPS) is 14.1. The van der Waals surface area contributed by atoms with E-state index in [1.165, 1.54) is 25.7 Å². The summed E-state index contributed by atoms with van der Waals surface area (Å²) in [7, 11) is 0. The van der Waals surface area contributed by atoms with Gasteiger partial charge in [-0.15, -0.1) is 0 Å². The Bertz CT molecular complexity index is 165. The maximum atomic E-state index is 9.91. The summed E-state index contributed by atoms with van der Waals surface area (Å²) in [6, 6.07) is 0. The Morgan fingerprint density at radius 3 is 2.21 bits per heavy atom. The molecule has 0 aromatic heterocycles. The summed E-state index contributed by atoms with van der Waals surface area (Å²) >= 11 is 0. The number of hydrogen-bond donors (Lipinski definition) is 1. The number of rotatable bonds is 6. The van der Waals surface area contributed by atoms with Crippen molar-refractivity contribution < 1.29 is 5.11 Å². The molecule has 0 saturated carbocycles. The first kappa shape index (κ1) is 13.7. The average molecular weight is 198 g/mol. The summed E-state index contributed by atoms with van der Waals surface area (Å²) in [5, 5.41) is 9.91. The molecule has 0 radical (unpaired) electrons. The molecule has 0 fully saturated rings. The molecule has 0 aromatic carbocycles. The van der Waals surface area contributed by atoms with Crippen molar-refractivity contribution in [2.75, 3.05) is 0 Å². The molecule has 0 aliphatic rings. The molecule has 0 aliphatic heterocycles. The van der Waals surface area contributed by atoms with Gasteiger partial charge in [0.2, 0.25) is 0 Å². The van der Waals surface area contributed by atoms with Crippen LogP contribution in [0, 0.1) is 5.41 Å². The summed E-state index contributed by atoms with van der Waals surface area (Å²) in [6.07, 6.45) is 5.58. The van der Waals surface area contributed by atoms with Crippen LogP contribution in [0.3, 0.4) is 0 Å². The molecule has 84 valence electrons. The smallest absolute Gasteiger partial charge is 0.0795 e. The van der Waals surface area contributed by atoms with Crippen molar-refractivity contribution in [1.29, 1.82) is 0 Å². The van der Waals surface area contributed by atoms with E-state index in [9.17, 15) is 5.11 Å². The Labute approximate surface area is 89.2 Å². The molecule has 0 bridgehead atoms. The molecule has 0 rings (SSSR count). The minimum absolute atomic E-state index is 0.0676. The zero-order valence-corrected chi connectivity index (χ0v) is 10.3. The molecule has 0 amide bonds. The van der Waals surface area contributed by atoms with Gasteiger partial charge in [0.25, 0.3) is 0 Å². The number of aliphatic hydroxyl groups is 1. The van der Waals surface area contributed by atoms with E-state index in [0.29, 0.717) is 0 Å². The Balaban J connectivity index is 3.74. The highest BCUT2D eigenvalue weighted by molar-refractivity contribution is 5.05. The zero-order chi connectivity index (χ0) is 11.2. The van der Waals surface area contributed by atoms with E-state index in [1.54, 1.807) is 0 Å². The highest BCUT2D eigenvalue weighted by Crippen LogP contribution is 2.26. The van der Waals surface area contributed by atoms with Gasteiger partial charge in [0.05, 0.1) is 6.10 Å². The van der Waals surface area contributed by atoms with Crippen LogP contribution in [-0.4, -0.2) is 11.2 Å². The second-order valence-electron chi connectivity index (χ2n) is 5.24. The molecule has 1 unspecified atom stereocenters. The SMILES string of the molecule is C=C(CCCCCC)C(O)C(C)(C)C. The van der Waals surface area contributed by atoms with Crippen LogP contribution in [0.5, 0.6) is 0 Å². The first-order valence-corrected chi connectivity index (χ1v) is 5.75. The molecule has 1 heteroatoms. The highest BCUT2D eigenvalue weighted by Gasteiger charge is 2.23. The lowest BCUT2D eigenvalue weighted by atomic mass is 9.83. The molecule has 1 N–H and O–H groups in total. The van der Waals surface area contributed by atoms with Crippen LogP contribution in [0.4, 0.5) is 0 Å². The van der Waals surface area contributed by atoms with Crippen molar-refractivity contribution >= 4 is 0 Å². The molecule has 0 saturated heterocycles. The Morgan fingerprint density at radius 1 is 1.21 bits per heavy atom. The van der Waals surface area contributed by atoms with E-state index < -0.39 is 0 Å². The van der Waals surface area contributed by atoms with Gasteiger partial charge in [0.15, 0.2) is 0 Å². The fourth-order valence-electron chi connectivity index (χ4n) is 1.53. The van der Waals surface area contributed by atoms with Gasteiger partial charge < -0.3 is 5.11 Å². The lowest BCUT2D eigenvalue weighted by molar-refractivity contribution is 0.0919. The maximum Gasteiger partial charge on any atom is 0.0795 e. The van der Waals surface area contributed by atoms with Gasteiger partial charge in [-0.3, -0.25) is 0 Å². The molecular formula is C13H26O. The van der Waals surface area contributed by atoms with E-state index in [1.807, 2.05) is 0 Å². The third-order valence-electron chi connectivity index (χ3n) is 2.56. The highest BCUT2D eigenvalue weighted by atomic mass is 16.3. The van der Waals surface area contributed by atoms with Crippen LogP contribution < -0.4 is 0 Å². The first-order chi connectivity index (χ1) is 6.39. The Hall–Kier alpha value is -0.300.